The topological polar surface area (TPSA) is 20.2 Å². The van der Waals surface area contributed by atoms with Crippen molar-refractivity contribution in [2.75, 3.05) is 0 Å². The van der Waals surface area contributed by atoms with Gasteiger partial charge in [0, 0.05) is 0 Å². The van der Waals surface area contributed by atoms with E-state index in [4.69, 9.17) is 5.11 Å². The zero-order chi connectivity index (χ0) is 7.56. The molecule has 1 aromatic carbocycles. The Labute approximate surface area is 76.5 Å². The van der Waals surface area contributed by atoms with Crippen LogP contribution in [0.4, 0.5) is 0 Å². The summed E-state index contributed by atoms with van der Waals surface area (Å²) in [5.74, 6) is 0.352. The van der Waals surface area contributed by atoms with E-state index in [1.807, 2.05) is 12.1 Å². The first-order chi connectivity index (χ1) is 4.74. The zero-order valence-corrected chi connectivity index (χ0v) is 9.03. The summed E-state index contributed by atoms with van der Waals surface area (Å²) >= 11 is 4.85. The predicted octanol–water partition coefficient (Wildman–Crippen LogP) is -0.681. The van der Waals surface area contributed by atoms with Crippen molar-refractivity contribution in [3.8, 4) is 5.75 Å². The van der Waals surface area contributed by atoms with Gasteiger partial charge in [-0.2, -0.15) is 0 Å². The first-order valence-electron chi connectivity index (χ1n) is 2.86. The molecule has 1 N–H and O–H groups in total. The van der Waals surface area contributed by atoms with Gasteiger partial charge in [0.05, 0.1) is 0 Å². The van der Waals surface area contributed by atoms with Gasteiger partial charge in [0.1, 0.15) is 0 Å². The Kier molecular flexibility index (Phi) is 2.81. The molecule has 0 fully saturated rings. The standard InChI is InChI=1S/C7H8OSe2/c8-6-2-1-5(4-9)3-7(6)10/h1-3,8-10H,4H2. The van der Waals surface area contributed by atoms with E-state index in [2.05, 4.69) is 32.0 Å². The van der Waals surface area contributed by atoms with E-state index in [9.17, 15) is 0 Å². The molecule has 54 valence electrons. The summed E-state index contributed by atoms with van der Waals surface area (Å²) in [6, 6.07) is 5.61. The van der Waals surface area contributed by atoms with Crippen LogP contribution in [0.25, 0.3) is 0 Å². The molecule has 0 aromatic heterocycles. The maximum atomic E-state index is 9.12. The Morgan fingerprint density at radius 1 is 1.40 bits per heavy atom. The SMILES string of the molecule is Oc1ccc(C[SeH])cc1[SeH]. The average molecular weight is 266 g/mol. The Balaban J connectivity index is 3.04. The van der Waals surface area contributed by atoms with Crippen LogP contribution >= 0.6 is 0 Å². The van der Waals surface area contributed by atoms with Crippen molar-refractivity contribution in [2.24, 2.45) is 0 Å². The average Bonchev–Trinajstić information content (AvgIpc) is 1.95. The van der Waals surface area contributed by atoms with Gasteiger partial charge in [0.15, 0.2) is 0 Å². The van der Waals surface area contributed by atoms with Crippen molar-refractivity contribution in [3.05, 3.63) is 23.8 Å². The van der Waals surface area contributed by atoms with Crippen LogP contribution in [-0.4, -0.2) is 37.1 Å². The third-order valence-corrected chi connectivity index (χ3v) is 2.74. The number of phenolic OH excluding ortho intramolecular Hbond substituents is 1. The summed E-state index contributed by atoms with van der Waals surface area (Å²) in [5, 5.41) is 10.1. The van der Waals surface area contributed by atoms with Crippen molar-refractivity contribution in [2.45, 2.75) is 5.32 Å². The predicted molar refractivity (Wildman–Crippen MR) is 45.7 cm³/mol. The number of hydrogen-bond acceptors (Lipinski definition) is 1. The van der Waals surface area contributed by atoms with E-state index in [1.165, 1.54) is 5.56 Å². The molecule has 0 aliphatic rings. The molecule has 0 aliphatic carbocycles. The molecule has 0 heterocycles. The summed E-state index contributed by atoms with van der Waals surface area (Å²) in [4.78, 5) is 0. The molecular formula is C7H8OSe2. The van der Waals surface area contributed by atoms with Gasteiger partial charge in [-0.25, -0.2) is 0 Å². The summed E-state index contributed by atoms with van der Waals surface area (Å²) in [6.07, 6.45) is 0. The molecule has 10 heavy (non-hydrogen) atoms. The van der Waals surface area contributed by atoms with Gasteiger partial charge in [-0.15, -0.1) is 0 Å². The molecule has 1 aromatic rings. The summed E-state index contributed by atoms with van der Waals surface area (Å²) in [7, 11) is 0. The van der Waals surface area contributed by atoms with Crippen LogP contribution in [0.5, 0.6) is 5.75 Å². The van der Waals surface area contributed by atoms with Gasteiger partial charge >= 0.3 is 76.4 Å². The van der Waals surface area contributed by atoms with Crippen LogP contribution < -0.4 is 4.46 Å². The molecule has 1 rings (SSSR count). The van der Waals surface area contributed by atoms with Crippen LogP contribution in [0, 0.1) is 0 Å². The van der Waals surface area contributed by atoms with Crippen molar-refractivity contribution in [3.63, 3.8) is 0 Å². The van der Waals surface area contributed by atoms with Crippen molar-refractivity contribution >= 4 is 36.5 Å². The van der Waals surface area contributed by atoms with Crippen molar-refractivity contribution in [1.82, 2.24) is 0 Å². The molecule has 1 nitrogen and oxygen atoms in total. The van der Waals surface area contributed by atoms with Crippen molar-refractivity contribution in [1.29, 1.82) is 0 Å². The molecule has 0 unspecified atom stereocenters. The molecule has 0 amide bonds. The number of rotatable bonds is 1. The number of hydrogen-bond donors (Lipinski definition) is 1. The molecule has 0 atom stereocenters. The van der Waals surface area contributed by atoms with Crippen LogP contribution in [0.1, 0.15) is 5.56 Å². The molecule has 0 spiro atoms. The van der Waals surface area contributed by atoms with E-state index in [0.717, 1.165) is 9.78 Å². The van der Waals surface area contributed by atoms with Crippen LogP contribution in [0.3, 0.4) is 0 Å². The Hall–Kier alpha value is 0.0590. The van der Waals surface area contributed by atoms with E-state index in [0.29, 0.717) is 5.75 Å². The fraction of sp³-hybridized carbons (Fsp3) is 0.143. The van der Waals surface area contributed by atoms with Gasteiger partial charge in [0.25, 0.3) is 0 Å². The number of benzene rings is 1. The summed E-state index contributed by atoms with van der Waals surface area (Å²) in [5.41, 5.74) is 1.23. The van der Waals surface area contributed by atoms with Crippen LogP contribution in [-0.2, 0) is 5.32 Å². The Morgan fingerprint density at radius 3 is 2.60 bits per heavy atom. The normalized spacial score (nSPS) is 9.80. The fourth-order valence-corrected chi connectivity index (χ4v) is 1.58. The first-order valence-corrected chi connectivity index (χ1v) is 5.12. The molecule has 0 saturated heterocycles. The molecule has 3 heteroatoms. The monoisotopic (exact) mass is 268 g/mol. The number of phenols is 1. The fourth-order valence-electron chi connectivity index (χ4n) is 0.667. The first kappa shape index (κ1) is 8.16. The Bertz CT molecular complexity index is 235. The molecule has 0 aliphatic heterocycles. The summed E-state index contributed by atoms with van der Waals surface area (Å²) in [6.45, 7) is 0. The van der Waals surface area contributed by atoms with Gasteiger partial charge in [-0.05, 0) is 0 Å². The van der Waals surface area contributed by atoms with Gasteiger partial charge < -0.3 is 0 Å². The van der Waals surface area contributed by atoms with E-state index in [-0.39, 0.29) is 0 Å². The van der Waals surface area contributed by atoms with E-state index < -0.39 is 0 Å². The van der Waals surface area contributed by atoms with Gasteiger partial charge in [-0.1, -0.05) is 0 Å². The second-order valence-corrected chi connectivity index (χ2v) is 3.66. The second kappa shape index (κ2) is 3.45. The van der Waals surface area contributed by atoms with E-state index >= 15 is 0 Å². The minimum atomic E-state index is 0.352. The molecule has 0 bridgehead atoms. The molecular weight excluding hydrogens is 258 g/mol. The minimum absolute atomic E-state index is 0.352. The quantitative estimate of drug-likeness (QED) is 0.668. The van der Waals surface area contributed by atoms with Crippen LogP contribution in [0.2, 0.25) is 0 Å². The third kappa shape index (κ3) is 1.77. The van der Waals surface area contributed by atoms with Gasteiger partial charge in [-0.3, -0.25) is 0 Å². The number of aromatic hydroxyl groups is 1. The maximum absolute atomic E-state index is 9.12. The second-order valence-electron chi connectivity index (χ2n) is 1.98. The molecule has 0 saturated carbocycles. The van der Waals surface area contributed by atoms with Crippen LogP contribution in [0.15, 0.2) is 18.2 Å². The Morgan fingerprint density at radius 2 is 2.10 bits per heavy atom. The third-order valence-electron chi connectivity index (χ3n) is 1.22. The summed E-state index contributed by atoms with van der Waals surface area (Å²) < 4.78 is 0.885. The van der Waals surface area contributed by atoms with Gasteiger partial charge in [0.2, 0.25) is 0 Å². The zero-order valence-electron chi connectivity index (χ0n) is 5.28. The van der Waals surface area contributed by atoms with Crippen molar-refractivity contribution < 1.29 is 5.11 Å². The van der Waals surface area contributed by atoms with E-state index in [1.54, 1.807) is 6.07 Å². The molecule has 0 radical (unpaired) electrons.